The van der Waals surface area contributed by atoms with Gasteiger partial charge in [0.15, 0.2) is 0 Å². The number of hydrogen-bond donors (Lipinski definition) is 1. The van der Waals surface area contributed by atoms with E-state index in [1.54, 1.807) is 0 Å². The number of rotatable bonds is 6. The molecule has 0 amide bonds. The summed E-state index contributed by atoms with van der Waals surface area (Å²) in [5.41, 5.74) is 12.4. The van der Waals surface area contributed by atoms with Crippen LogP contribution in [-0.4, -0.2) is 18.1 Å². The molecule has 0 unspecified atom stereocenters. The maximum Gasteiger partial charge on any atom is 0.340 e. The Kier molecular flexibility index (Phi) is 6.32. The number of methoxy groups -OCH3 is 1. The predicted octanol–water partition coefficient (Wildman–Crippen LogP) is 4.06. The normalized spacial score (nSPS) is 11.0. The molecule has 0 aliphatic rings. The molecule has 4 heteroatoms. The molecule has 25 heavy (non-hydrogen) atoms. The van der Waals surface area contributed by atoms with E-state index in [4.69, 9.17) is 15.5 Å². The van der Waals surface area contributed by atoms with E-state index in [0.29, 0.717) is 24.4 Å². The molecule has 0 atom stereocenters. The van der Waals surface area contributed by atoms with Crippen LogP contribution >= 0.6 is 0 Å². The van der Waals surface area contributed by atoms with Gasteiger partial charge in [-0.15, -0.1) is 0 Å². The number of benzene rings is 1. The van der Waals surface area contributed by atoms with Crippen LogP contribution < -0.4 is 5.73 Å². The average molecular weight is 340 g/mol. The average Bonchev–Trinajstić information content (AvgIpc) is 2.60. The molecule has 0 saturated heterocycles. The smallest absolute Gasteiger partial charge is 0.340 e. The summed E-state index contributed by atoms with van der Waals surface area (Å²) in [7, 11) is 1.41. The molecule has 0 bridgehead atoms. The second-order valence-corrected chi connectivity index (χ2v) is 6.75. The first-order valence-electron chi connectivity index (χ1n) is 8.82. The molecule has 2 aromatic rings. The Morgan fingerprint density at radius 1 is 1.20 bits per heavy atom. The lowest BCUT2D eigenvalue weighted by molar-refractivity contribution is 0.0599. The van der Waals surface area contributed by atoms with Crippen LogP contribution in [0.3, 0.4) is 0 Å². The van der Waals surface area contributed by atoms with E-state index in [-0.39, 0.29) is 5.97 Å². The summed E-state index contributed by atoms with van der Waals surface area (Å²) in [6.07, 6.45) is 1.50. The van der Waals surface area contributed by atoms with E-state index in [2.05, 4.69) is 13.8 Å². The quantitative estimate of drug-likeness (QED) is 0.805. The number of aryl methyl sites for hydroxylation is 2. The summed E-state index contributed by atoms with van der Waals surface area (Å²) in [6, 6.07) is 8.17. The molecule has 0 radical (unpaired) electrons. The van der Waals surface area contributed by atoms with Gasteiger partial charge in [0.25, 0.3) is 0 Å². The number of hydrogen-bond acceptors (Lipinski definition) is 4. The summed E-state index contributed by atoms with van der Waals surface area (Å²) in [5, 5.41) is 0. The summed E-state index contributed by atoms with van der Waals surface area (Å²) in [5.74, 6) is 0.100. The molecule has 0 aliphatic carbocycles. The van der Waals surface area contributed by atoms with Crippen molar-refractivity contribution in [3.63, 3.8) is 0 Å². The van der Waals surface area contributed by atoms with Gasteiger partial charge in [0.1, 0.15) is 0 Å². The standard InChI is InChI=1S/C21H28N2O2/c1-6-17-20(21(24)25-5)19(15-9-7-14(4)8-10-15)16(12-22)18(23-17)11-13(2)3/h7-10,13H,6,11-12,22H2,1-5H3. The Morgan fingerprint density at radius 2 is 1.84 bits per heavy atom. The molecule has 2 N–H and O–H groups in total. The molecule has 0 saturated carbocycles. The van der Waals surface area contributed by atoms with Gasteiger partial charge in [0.2, 0.25) is 0 Å². The third kappa shape index (κ3) is 4.07. The number of nitrogens with zero attached hydrogens (tertiary/aromatic N) is 1. The molecular formula is C21H28N2O2. The predicted molar refractivity (Wildman–Crippen MR) is 102 cm³/mol. The highest BCUT2D eigenvalue weighted by atomic mass is 16.5. The molecular weight excluding hydrogens is 312 g/mol. The van der Waals surface area contributed by atoms with Crippen LogP contribution in [0.2, 0.25) is 0 Å². The van der Waals surface area contributed by atoms with Crippen molar-refractivity contribution in [3.8, 4) is 11.1 Å². The summed E-state index contributed by atoms with van der Waals surface area (Å²) in [6.45, 7) is 8.71. The minimum atomic E-state index is -0.356. The van der Waals surface area contributed by atoms with Gasteiger partial charge in [-0.2, -0.15) is 0 Å². The molecule has 134 valence electrons. The van der Waals surface area contributed by atoms with Crippen molar-refractivity contribution in [1.29, 1.82) is 0 Å². The number of esters is 1. The van der Waals surface area contributed by atoms with Crippen molar-refractivity contribution in [1.82, 2.24) is 4.98 Å². The van der Waals surface area contributed by atoms with E-state index in [1.807, 2.05) is 38.1 Å². The molecule has 0 spiro atoms. The van der Waals surface area contributed by atoms with Crippen molar-refractivity contribution in [2.24, 2.45) is 11.7 Å². The van der Waals surface area contributed by atoms with Crippen LogP contribution in [-0.2, 0) is 24.1 Å². The molecule has 0 aliphatic heterocycles. The Bertz CT molecular complexity index is 749. The van der Waals surface area contributed by atoms with Crippen LogP contribution in [0, 0.1) is 12.8 Å². The van der Waals surface area contributed by atoms with Gasteiger partial charge in [-0.1, -0.05) is 50.6 Å². The summed E-state index contributed by atoms with van der Waals surface area (Å²) < 4.78 is 5.07. The second-order valence-electron chi connectivity index (χ2n) is 6.75. The Balaban J connectivity index is 2.85. The van der Waals surface area contributed by atoms with Crippen molar-refractivity contribution in [3.05, 3.63) is 52.3 Å². The van der Waals surface area contributed by atoms with Crippen molar-refractivity contribution < 1.29 is 9.53 Å². The topological polar surface area (TPSA) is 65.2 Å². The number of aromatic nitrogens is 1. The number of carbonyl (C=O) groups is 1. The minimum absolute atomic E-state index is 0.340. The maximum atomic E-state index is 12.6. The lowest BCUT2D eigenvalue weighted by atomic mass is 9.89. The largest absolute Gasteiger partial charge is 0.465 e. The zero-order valence-corrected chi connectivity index (χ0v) is 15.8. The minimum Gasteiger partial charge on any atom is -0.465 e. The van der Waals surface area contributed by atoms with E-state index in [9.17, 15) is 4.79 Å². The van der Waals surface area contributed by atoms with Gasteiger partial charge in [-0.05, 0) is 36.8 Å². The lowest BCUT2D eigenvalue weighted by Gasteiger charge is -2.20. The third-order valence-electron chi connectivity index (χ3n) is 4.33. The summed E-state index contributed by atoms with van der Waals surface area (Å²) in [4.78, 5) is 17.3. The Morgan fingerprint density at radius 3 is 2.32 bits per heavy atom. The molecule has 2 rings (SSSR count). The van der Waals surface area contributed by atoms with Crippen molar-refractivity contribution in [2.75, 3.05) is 7.11 Å². The van der Waals surface area contributed by atoms with Crippen molar-refractivity contribution in [2.45, 2.75) is 47.1 Å². The van der Waals surface area contributed by atoms with E-state index in [1.165, 1.54) is 12.7 Å². The highest BCUT2D eigenvalue weighted by Crippen LogP contribution is 2.33. The Hall–Kier alpha value is -2.20. The first-order chi connectivity index (χ1) is 11.9. The fraction of sp³-hybridized carbons (Fsp3) is 0.429. The number of ether oxygens (including phenoxy) is 1. The van der Waals surface area contributed by atoms with Crippen molar-refractivity contribution >= 4 is 5.97 Å². The number of carbonyl (C=O) groups excluding carboxylic acids is 1. The van der Waals surface area contributed by atoms with Gasteiger partial charge < -0.3 is 10.5 Å². The van der Waals surface area contributed by atoms with Gasteiger partial charge in [0.05, 0.1) is 18.4 Å². The monoisotopic (exact) mass is 340 g/mol. The number of nitrogens with two attached hydrogens (primary N) is 1. The molecule has 4 nitrogen and oxygen atoms in total. The molecule has 1 aromatic carbocycles. The Labute approximate surface area is 150 Å². The van der Waals surface area contributed by atoms with Crippen LogP contribution in [0.4, 0.5) is 0 Å². The fourth-order valence-corrected chi connectivity index (χ4v) is 3.12. The summed E-state index contributed by atoms with van der Waals surface area (Å²) >= 11 is 0. The van der Waals surface area contributed by atoms with Crippen LogP contribution in [0.5, 0.6) is 0 Å². The number of pyridine rings is 1. The van der Waals surface area contributed by atoms with Gasteiger partial charge in [-0.25, -0.2) is 4.79 Å². The highest BCUT2D eigenvalue weighted by molar-refractivity contribution is 5.99. The third-order valence-corrected chi connectivity index (χ3v) is 4.33. The van der Waals surface area contributed by atoms with Crippen LogP contribution in [0.1, 0.15) is 53.6 Å². The van der Waals surface area contributed by atoms with Gasteiger partial charge in [0, 0.05) is 17.8 Å². The zero-order chi connectivity index (χ0) is 18.6. The van der Waals surface area contributed by atoms with Crippen LogP contribution in [0.25, 0.3) is 11.1 Å². The van der Waals surface area contributed by atoms with E-state index < -0.39 is 0 Å². The molecule has 0 fully saturated rings. The molecule has 1 heterocycles. The fourth-order valence-electron chi connectivity index (χ4n) is 3.12. The van der Waals surface area contributed by atoms with Gasteiger partial charge in [-0.3, -0.25) is 4.98 Å². The molecule has 1 aromatic heterocycles. The zero-order valence-electron chi connectivity index (χ0n) is 15.8. The SMILES string of the molecule is CCc1nc(CC(C)C)c(CN)c(-c2ccc(C)cc2)c1C(=O)OC. The van der Waals surface area contributed by atoms with E-state index in [0.717, 1.165) is 34.5 Å². The van der Waals surface area contributed by atoms with Gasteiger partial charge >= 0.3 is 5.97 Å². The van der Waals surface area contributed by atoms with E-state index >= 15 is 0 Å². The maximum absolute atomic E-state index is 12.6. The second kappa shape index (κ2) is 8.26. The highest BCUT2D eigenvalue weighted by Gasteiger charge is 2.24. The lowest BCUT2D eigenvalue weighted by Crippen LogP contribution is -2.17. The first kappa shape index (κ1) is 19.1. The van der Waals surface area contributed by atoms with Crippen LogP contribution in [0.15, 0.2) is 24.3 Å². The first-order valence-corrected chi connectivity index (χ1v) is 8.82.